The predicted octanol–water partition coefficient (Wildman–Crippen LogP) is 3.26. The van der Waals surface area contributed by atoms with Crippen LogP contribution < -0.4 is 5.73 Å². The number of fused-ring (bicyclic) bond motifs is 1. The Labute approximate surface area is 89.5 Å². The van der Waals surface area contributed by atoms with Crippen molar-refractivity contribution < 1.29 is 13.2 Å². The van der Waals surface area contributed by atoms with Gasteiger partial charge in [-0.2, -0.15) is 13.2 Å². The summed E-state index contributed by atoms with van der Waals surface area (Å²) in [5.41, 5.74) is 6.13. The number of nitrogen functional groups attached to an aromatic ring is 1. The van der Waals surface area contributed by atoms with E-state index in [1.54, 1.807) is 0 Å². The molecule has 0 radical (unpaired) electrons. The van der Waals surface area contributed by atoms with Crippen LogP contribution in [0.5, 0.6) is 0 Å². The van der Waals surface area contributed by atoms with E-state index in [1.807, 2.05) is 0 Å². The van der Waals surface area contributed by atoms with Gasteiger partial charge in [0.05, 0.1) is 5.69 Å². The highest BCUT2D eigenvalue weighted by Crippen LogP contribution is 2.45. The van der Waals surface area contributed by atoms with Crippen molar-refractivity contribution in [2.45, 2.75) is 25.4 Å². The molecule has 1 nitrogen and oxygen atoms in total. The van der Waals surface area contributed by atoms with Crippen LogP contribution in [0.1, 0.15) is 21.7 Å². The fraction of sp³-hybridized carbons (Fsp3) is 0.500. The zero-order valence-electron chi connectivity index (χ0n) is 7.15. The summed E-state index contributed by atoms with van der Waals surface area (Å²) in [6.07, 6.45) is -1.89. The van der Waals surface area contributed by atoms with Crippen LogP contribution in [-0.4, -0.2) is 0 Å². The van der Waals surface area contributed by atoms with Gasteiger partial charge in [-0.15, -0.1) is 23.7 Å². The van der Waals surface area contributed by atoms with Gasteiger partial charge in [-0.05, 0) is 24.8 Å². The summed E-state index contributed by atoms with van der Waals surface area (Å²) in [7, 11) is 0. The Kier molecular flexibility index (Phi) is 3.02. The van der Waals surface area contributed by atoms with Gasteiger partial charge in [-0.25, -0.2) is 0 Å². The van der Waals surface area contributed by atoms with Crippen molar-refractivity contribution in [1.82, 2.24) is 0 Å². The number of halogens is 4. The lowest BCUT2D eigenvalue weighted by Crippen LogP contribution is -2.05. The van der Waals surface area contributed by atoms with E-state index in [9.17, 15) is 13.2 Å². The average molecular weight is 244 g/mol. The van der Waals surface area contributed by atoms with E-state index in [4.69, 9.17) is 5.73 Å². The van der Waals surface area contributed by atoms with Crippen molar-refractivity contribution in [3.05, 3.63) is 15.3 Å². The molecule has 2 N–H and O–H groups in total. The second-order valence-electron chi connectivity index (χ2n) is 3.10. The van der Waals surface area contributed by atoms with Crippen LogP contribution in [0.3, 0.4) is 0 Å². The Morgan fingerprint density at radius 2 is 1.86 bits per heavy atom. The summed E-state index contributed by atoms with van der Waals surface area (Å²) in [5.74, 6) is 0. The number of nitrogens with two attached hydrogens (primary N) is 1. The number of aryl methyl sites for hydroxylation is 1. The van der Waals surface area contributed by atoms with Crippen molar-refractivity contribution in [3.63, 3.8) is 0 Å². The lowest BCUT2D eigenvalue weighted by Gasteiger charge is -2.04. The maximum atomic E-state index is 12.3. The molecule has 0 aliphatic heterocycles. The maximum Gasteiger partial charge on any atom is 0.427 e. The molecule has 0 spiro atoms. The highest BCUT2D eigenvalue weighted by Gasteiger charge is 2.38. The number of anilines is 1. The molecular weight excluding hydrogens is 235 g/mol. The fourth-order valence-corrected chi connectivity index (χ4v) is 2.82. The first-order valence-electron chi connectivity index (χ1n) is 3.97. The van der Waals surface area contributed by atoms with Gasteiger partial charge in [-0.3, -0.25) is 0 Å². The Bertz CT molecular complexity index is 345. The third-order valence-electron chi connectivity index (χ3n) is 2.22. The second-order valence-corrected chi connectivity index (χ2v) is 4.20. The van der Waals surface area contributed by atoms with Gasteiger partial charge in [0.1, 0.15) is 4.88 Å². The SMILES string of the molecule is Cl.Nc1c(C(F)(F)F)sc2c1CCC2. The van der Waals surface area contributed by atoms with E-state index >= 15 is 0 Å². The summed E-state index contributed by atoms with van der Waals surface area (Å²) < 4.78 is 37.0. The topological polar surface area (TPSA) is 26.0 Å². The lowest BCUT2D eigenvalue weighted by atomic mass is 10.2. The fourth-order valence-electron chi connectivity index (χ4n) is 1.64. The third kappa shape index (κ3) is 1.70. The van der Waals surface area contributed by atoms with E-state index in [1.165, 1.54) is 0 Å². The molecule has 6 heteroatoms. The number of rotatable bonds is 0. The molecule has 0 bridgehead atoms. The molecule has 0 fully saturated rings. The van der Waals surface area contributed by atoms with Crippen molar-refractivity contribution >= 4 is 29.4 Å². The monoisotopic (exact) mass is 243 g/mol. The Morgan fingerprint density at radius 1 is 1.21 bits per heavy atom. The van der Waals surface area contributed by atoms with Gasteiger partial charge in [0, 0.05) is 4.88 Å². The summed E-state index contributed by atoms with van der Waals surface area (Å²) in [4.78, 5) is 0.210. The van der Waals surface area contributed by atoms with Crippen LogP contribution in [-0.2, 0) is 19.0 Å². The van der Waals surface area contributed by atoms with E-state index in [0.717, 1.165) is 34.6 Å². The smallest absolute Gasteiger partial charge is 0.397 e. The van der Waals surface area contributed by atoms with E-state index < -0.39 is 11.1 Å². The minimum Gasteiger partial charge on any atom is -0.397 e. The molecule has 0 saturated heterocycles. The Balaban J connectivity index is 0.000000980. The molecule has 0 saturated carbocycles. The van der Waals surface area contributed by atoms with Crippen LogP contribution in [0.15, 0.2) is 0 Å². The lowest BCUT2D eigenvalue weighted by molar-refractivity contribution is -0.133. The normalized spacial score (nSPS) is 15.1. The number of hydrogen-bond acceptors (Lipinski definition) is 2. The van der Waals surface area contributed by atoms with Gasteiger partial charge < -0.3 is 5.73 Å². The molecule has 0 aromatic carbocycles. The zero-order valence-corrected chi connectivity index (χ0v) is 8.78. The Hall–Kier alpha value is -0.420. The minimum atomic E-state index is -4.28. The standard InChI is InChI=1S/C8H8F3NS.ClH/c9-8(10,11)7-6(12)4-2-1-3-5(4)13-7;/h1-3,12H2;1H. The van der Waals surface area contributed by atoms with Gasteiger partial charge in [0.15, 0.2) is 0 Å². The number of hydrogen-bond donors (Lipinski definition) is 1. The first kappa shape index (κ1) is 11.7. The highest BCUT2D eigenvalue weighted by molar-refractivity contribution is 7.13. The van der Waals surface area contributed by atoms with Gasteiger partial charge in [-0.1, -0.05) is 0 Å². The molecule has 2 rings (SSSR count). The van der Waals surface area contributed by atoms with Gasteiger partial charge in [0.25, 0.3) is 0 Å². The van der Waals surface area contributed by atoms with Crippen LogP contribution in [0.4, 0.5) is 18.9 Å². The average Bonchev–Trinajstić information content (AvgIpc) is 2.51. The molecule has 0 atom stereocenters. The largest absolute Gasteiger partial charge is 0.427 e. The minimum absolute atomic E-state index is 0. The molecule has 14 heavy (non-hydrogen) atoms. The predicted molar refractivity (Wildman–Crippen MR) is 53.0 cm³/mol. The van der Waals surface area contributed by atoms with Gasteiger partial charge >= 0.3 is 6.18 Å². The summed E-state index contributed by atoms with van der Waals surface area (Å²) in [6, 6.07) is 0. The molecule has 1 aromatic rings. The second kappa shape index (κ2) is 3.62. The molecule has 1 heterocycles. The van der Waals surface area contributed by atoms with E-state index in [-0.39, 0.29) is 18.1 Å². The number of alkyl halides is 3. The first-order valence-corrected chi connectivity index (χ1v) is 4.79. The molecule has 0 unspecified atom stereocenters. The molecule has 0 amide bonds. The molecule has 1 aliphatic carbocycles. The van der Waals surface area contributed by atoms with Gasteiger partial charge in [0.2, 0.25) is 0 Å². The zero-order chi connectivity index (χ0) is 9.64. The van der Waals surface area contributed by atoms with Crippen molar-refractivity contribution in [2.75, 3.05) is 5.73 Å². The van der Waals surface area contributed by atoms with Crippen molar-refractivity contribution in [2.24, 2.45) is 0 Å². The Morgan fingerprint density at radius 3 is 2.36 bits per heavy atom. The van der Waals surface area contributed by atoms with Crippen LogP contribution >= 0.6 is 23.7 Å². The van der Waals surface area contributed by atoms with Crippen molar-refractivity contribution in [1.29, 1.82) is 0 Å². The molecular formula is C8H9ClF3NS. The van der Waals surface area contributed by atoms with Crippen LogP contribution in [0.2, 0.25) is 0 Å². The van der Waals surface area contributed by atoms with Crippen molar-refractivity contribution in [3.8, 4) is 0 Å². The van der Waals surface area contributed by atoms with Crippen LogP contribution in [0.25, 0.3) is 0 Å². The quantitative estimate of drug-likeness (QED) is 0.744. The molecule has 80 valence electrons. The van der Waals surface area contributed by atoms with E-state index in [0.29, 0.717) is 6.42 Å². The first-order chi connectivity index (χ1) is 6.00. The molecule has 1 aliphatic rings. The third-order valence-corrected chi connectivity index (χ3v) is 3.57. The summed E-state index contributed by atoms with van der Waals surface area (Å²) in [6.45, 7) is 0. The van der Waals surface area contributed by atoms with E-state index in [2.05, 4.69) is 0 Å². The maximum absolute atomic E-state index is 12.3. The summed E-state index contributed by atoms with van der Waals surface area (Å²) in [5, 5.41) is 0. The van der Waals surface area contributed by atoms with Crippen LogP contribution in [0, 0.1) is 0 Å². The molecule has 1 aromatic heterocycles. The summed E-state index contributed by atoms with van der Waals surface area (Å²) >= 11 is 0.806. The highest BCUT2D eigenvalue weighted by atomic mass is 35.5. The number of thiophene rings is 1.